The van der Waals surface area contributed by atoms with Gasteiger partial charge in [-0.05, 0) is 73.0 Å². The van der Waals surface area contributed by atoms with E-state index in [1.54, 1.807) is 24.5 Å². The molecule has 0 fully saturated rings. The summed E-state index contributed by atoms with van der Waals surface area (Å²) >= 11 is 0. The Kier molecular flexibility index (Phi) is 5.81. The van der Waals surface area contributed by atoms with Crippen LogP contribution in [0, 0.1) is 13.8 Å². The van der Waals surface area contributed by atoms with Crippen LogP contribution in [0.1, 0.15) is 27.0 Å². The van der Waals surface area contributed by atoms with Gasteiger partial charge in [-0.15, -0.1) is 0 Å². The summed E-state index contributed by atoms with van der Waals surface area (Å²) in [7, 11) is 0. The van der Waals surface area contributed by atoms with E-state index in [9.17, 15) is 4.79 Å². The fourth-order valence-corrected chi connectivity index (χ4v) is 3.68. The number of hydrogen-bond acceptors (Lipinski definition) is 5. The maximum Gasteiger partial charge on any atom is 0.257 e. The molecule has 35 heavy (non-hydrogen) atoms. The summed E-state index contributed by atoms with van der Waals surface area (Å²) < 4.78 is 0. The quantitative estimate of drug-likeness (QED) is 0.290. The maximum absolute atomic E-state index is 12.3. The second kappa shape index (κ2) is 9.23. The molecule has 1 amide bonds. The molecule has 0 spiro atoms. The van der Waals surface area contributed by atoms with Gasteiger partial charge in [-0.3, -0.25) is 9.78 Å². The van der Waals surface area contributed by atoms with Crippen molar-refractivity contribution in [2.45, 2.75) is 13.8 Å². The van der Waals surface area contributed by atoms with Crippen molar-refractivity contribution in [3.63, 3.8) is 0 Å². The topological polar surface area (TPSA) is 95.6 Å². The fraction of sp³-hybridized carbons (Fsp3) is 0.0714. The smallest absolute Gasteiger partial charge is 0.257 e. The van der Waals surface area contributed by atoms with Crippen LogP contribution in [-0.2, 0) is 0 Å². The van der Waals surface area contributed by atoms with E-state index in [0.717, 1.165) is 33.7 Å². The SMILES string of the molecule is C=C(Nc1cc2nc(-c3ccc(NC(=O)c4cccnc4)cc3)[nH]c2cn1)c1ccc(C)c(C)c1. The van der Waals surface area contributed by atoms with Crippen LogP contribution >= 0.6 is 0 Å². The summed E-state index contributed by atoms with van der Waals surface area (Å²) in [6.07, 6.45) is 4.92. The van der Waals surface area contributed by atoms with E-state index in [1.165, 1.54) is 17.3 Å². The molecule has 0 aliphatic rings. The molecule has 0 aliphatic carbocycles. The monoisotopic (exact) mass is 460 g/mol. The van der Waals surface area contributed by atoms with Crippen molar-refractivity contribution in [2.75, 3.05) is 10.6 Å². The fourth-order valence-electron chi connectivity index (χ4n) is 3.68. The number of fused-ring (bicyclic) bond motifs is 1. The summed E-state index contributed by atoms with van der Waals surface area (Å²) in [6, 6.07) is 19.1. The van der Waals surface area contributed by atoms with Gasteiger partial charge in [-0.2, -0.15) is 0 Å². The van der Waals surface area contributed by atoms with Gasteiger partial charge in [0.25, 0.3) is 5.91 Å². The first kappa shape index (κ1) is 22.0. The van der Waals surface area contributed by atoms with Crippen LogP contribution in [0.3, 0.4) is 0 Å². The first-order valence-electron chi connectivity index (χ1n) is 11.2. The number of pyridine rings is 2. The third kappa shape index (κ3) is 4.79. The maximum atomic E-state index is 12.3. The number of carbonyl (C=O) groups is 1. The number of benzene rings is 2. The average molecular weight is 461 g/mol. The van der Waals surface area contributed by atoms with Gasteiger partial charge < -0.3 is 15.6 Å². The molecule has 3 aromatic heterocycles. The third-order valence-electron chi connectivity index (χ3n) is 5.84. The Morgan fingerprint density at radius 1 is 0.914 bits per heavy atom. The molecule has 3 heterocycles. The zero-order valence-electron chi connectivity index (χ0n) is 19.5. The molecule has 0 saturated heterocycles. The third-order valence-corrected chi connectivity index (χ3v) is 5.84. The van der Waals surface area contributed by atoms with Crippen molar-refractivity contribution in [2.24, 2.45) is 0 Å². The van der Waals surface area contributed by atoms with Crippen LogP contribution in [0.5, 0.6) is 0 Å². The second-order valence-electron chi connectivity index (χ2n) is 8.35. The van der Waals surface area contributed by atoms with Crippen LogP contribution < -0.4 is 10.6 Å². The minimum absolute atomic E-state index is 0.205. The van der Waals surface area contributed by atoms with Crippen molar-refractivity contribution in [3.8, 4) is 11.4 Å². The highest BCUT2D eigenvalue weighted by Crippen LogP contribution is 2.25. The predicted molar refractivity (Wildman–Crippen MR) is 140 cm³/mol. The molecule has 0 bridgehead atoms. The number of H-pyrrole nitrogens is 1. The van der Waals surface area contributed by atoms with Gasteiger partial charge in [0.05, 0.1) is 22.8 Å². The number of aromatic amines is 1. The van der Waals surface area contributed by atoms with Crippen LogP contribution in [0.25, 0.3) is 28.1 Å². The van der Waals surface area contributed by atoms with Crippen LogP contribution in [0.2, 0.25) is 0 Å². The van der Waals surface area contributed by atoms with E-state index in [0.29, 0.717) is 17.1 Å². The second-order valence-corrected chi connectivity index (χ2v) is 8.35. The summed E-state index contributed by atoms with van der Waals surface area (Å²) in [6.45, 7) is 8.33. The number of amides is 1. The van der Waals surface area contributed by atoms with Gasteiger partial charge in [-0.1, -0.05) is 18.7 Å². The van der Waals surface area contributed by atoms with Gasteiger partial charge >= 0.3 is 0 Å². The van der Waals surface area contributed by atoms with Gasteiger partial charge in [0, 0.05) is 35.4 Å². The Bertz CT molecular complexity index is 1540. The Hall–Kier alpha value is -4.78. The van der Waals surface area contributed by atoms with Gasteiger partial charge in [0.1, 0.15) is 11.6 Å². The van der Waals surface area contributed by atoms with E-state index < -0.39 is 0 Å². The van der Waals surface area contributed by atoms with Crippen molar-refractivity contribution in [1.29, 1.82) is 0 Å². The van der Waals surface area contributed by atoms with Gasteiger partial charge in [0.2, 0.25) is 0 Å². The molecule has 0 aliphatic heterocycles. The number of anilines is 2. The number of nitrogens with one attached hydrogen (secondary N) is 3. The lowest BCUT2D eigenvalue weighted by molar-refractivity contribution is 0.102. The lowest BCUT2D eigenvalue weighted by atomic mass is 10.0. The Morgan fingerprint density at radius 2 is 1.74 bits per heavy atom. The zero-order valence-corrected chi connectivity index (χ0v) is 19.5. The average Bonchev–Trinajstić information content (AvgIpc) is 3.30. The Labute approximate surface area is 203 Å². The standard InChI is InChI=1S/C28H24N6O/c1-17-6-7-21(13-18(17)2)19(3)31-26-14-24-25(16-30-26)34-27(33-24)20-8-10-23(11-9-20)32-28(35)22-5-4-12-29-15-22/h4-16H,3H2,1-2H3,(H,30,31)(H,32,35)(H,33,34). The van der Waals surface area contributed by atoms with E-state index in [-0.39, 0.29) is 5.91 Å². The number of nitrogens with zero attached hydrogens (tertiary/aromatic N) is 3. The van der Waals surface area contributed by atoms with E-state index in [4.69, 9.17) is 4.98 Å². The summed E-state index contributed by atoms with van der Waals surface area (Å²) in [5, 5.41) is 6.15. The molecule has 3 N–H and O–H groups in total. The van der Waals surface area contributed by atoms with E-state index >= 15 is 0 Å². The number of rotatable bonds is 6. The highest BCUT2D eigenvalue weighted by Gasteiger charge is 2.10. The lowest BCUT2D eigenvalue weighted by Gasteiger charge is -2.10. The number of aromatic nitrogens is 4. The Balaban J connectivity index is 1.31. The molecule has 7 nitrogen and oxygen atoms in total. The number of imidazole rings is 1. The van der Waals surface area contributed by atoms with Crippen molar-refractivity contribution < 1.29 is 4.79 Å². The van der Waals surface area contributed by atoms with Crippen molar-refractivity contribution in [1.82, 2.24) is 19.9 Å². The normalized spacial score (nSPS) is 10.8. The summed E-state index contributed by atoms with van der Waals surface area (Å²) in [5.41, 5.74) is 7.98. The van der Waals surface area contributed by atoms with Gasteiger partial charge in [-0.25, -0.2) is 9.97 Å². The summed E-state index contributed by atoms with van der Waals surface area (Å²) in [5.74, 6) is 1.19. The van der Waals surface area contributed by atoms with Crippen LogP contribution in [0.15, 0.2) is 85.8 Å². The molecule has 172 valence electrons. The van der Waals surface area contributed by atoms with Crippen molar-refractivity contribution in [3.05, 3.63) is 108 Å². The first-order chi connectivity index (χ1) is 17.0. The van der Waals surface area contributed by atoms with Crippen LogP contribution in [-0.4, -0.2) is 25.8 Å². The molecule has 0 atom stereocenters. The summed E-state index contributed by atoms with van der Waals surface area (Å²) in [4.78, 5) is 28.8. The number of aryl methyl sites for hydroxylation is 2. The van der Waals surface area contributed by atoms with Crippen molar-refractivity contribution >= 4 is 34.1 Å². The number of carbonyl (C=O) groups excluding carboxylic acids is 1. The molecular formula is C28H24N6O. The predicted octanol–water partition coefficient (Wildman–Crippen LogP) is 5.97. The number of hydrogen-bond donors (Lipinski definition) is 3. The Morgan fingerprint density at radius 3 is 2.49 bits per heavy atom. The molecule has 0 radical (unpaired) electrons. The largest absolute Gasteiger partial charge is 0.340 e. The molecule has 2 aromatic carbocycles. The molecule has 7 heteroatoms. The highest BCUT2D eigenvalue weighted by molar-refractivity contribution is 6.04. The zero-order chi connectivity index (χ0) is 24.4. The molecular weight excluding hydrogens is 436 g/mol. The van der Waals surface area contributed by atoms with E-state index in [1.807, 2.05) is 36.4 Å². The van der Waals surface area contributed by atoms with E-state index in [2.05, 4.69) is 58.1 Å². The molecule has 0 unspecified atom stereocenters. The van der Waals surface area contributed by atoms with Crippen LogP contribution in [0.4, 0.5) is 11.5 Å². The molecule has 0 saturated carbocycles. The first-order valence-corrected chi connectivity index (χ1v) is 11.2. The minimum Gasteiger partial charge on any atom is -0.340 e. The van der Waals surface area contributed by atoms with Gasteiger partial charge in [0.15, 0.2) is 0 Å². The minimum atomic E-state index is -0.205. The molecule has 5 rings (SSSR count). The lowest BCUT2D eigenvalue weighted by Crippen LogP contribution is -2.11. The highest BCUT2D eigenvalue weighted by atomic mass is 16.1. The molecule has 5 aromatic rings.